The van der Waals surface area contributed by atoms with Crippen LogP contribution in [0.3, 0.4) is 0 Å². The summed E-state index contributed by atoms with van der Waals surface area (Å²) in [5.41, 5.74) is 0.929. The molecule has 0 amide bonds. The summed E-state index contributed by atoms with van der Waals surface area (Å²) in [4.78, 5) is 1.51. The molecule has 1 heterocycles. The van der Waals surface area contributed by atoms with Gasteiger partial charge in [0.15, 0.2) is 0 Å². The number of benzene rings is 1. The van der Waals surface area contributed by atoms with Gasteiger partial charge in [0.25, 0.3) is 0 Å². The summed E-state index contributed by atoms with van der Waals surface area (Å²) in [7, 11) is -2.01. The molecule has 1 aromatic heterocycles. The summed E-state index contributed by atoms with van der Waals surface area (Å²) < 4.78 is 28.2. The van der Waals surface area contributed by atoms with E-state index in [0.29, 0.717) is 30.3 Å². The lowest BCUT2D eigenvalue weighted by atomic mass is 9.77. The topological polar surface area (TPSA) is 97.1 Å². The standard InChI is InChI=1S/C14H20N4O3S/c1-3-11(9-7-10(19)8-9)17-22(20,21)13-6-4-5-12-14(13)16-18(2)15-12/h4-6,9-11,17,19H,3,7-8H2,1-2H3. The van der Waals surface area contributed by atoms with E-state index in [-0.39, 0.29) is 23.0 Å². The van der Waals surface area contributed by atoms with E-state index in [9.17, 15) is 13.5 Å². The largest absolute Gasteiger partial charge is 0.393 e. The number of aliphatic hydroxyl groups is 1. The van der Waals surface area contributed by atoms with E-state index < -0.39 is 10.0 Å². The first kappa shape index (κ1) is 15.4. The number of nitrogens with zero attached hydrogens (tertiary/aromatic N) is 3. The monoisotopic (exact) mass is 324 g/mol. The van der Waals surface area contributed by atoms with Crippen molar-refractivity contribution in [2.45, 2.75) is 43.2 Å². The van der Waals surface area contributed by atoms with E-state index in [0.717, 1.165) is 0 Å². The predicted molar refractivity (Wildman–Crippen MR) is 81.6 cm³/mol. The molecule has 1 aromatic carbocycles. The van der Waals surface area contributed by atoms with Gasteiger partial charge in [-0.25, -0.2) is 13.1 Å². The number of aliphatic hydroxyl groups excluding tert-OH is 1. The van der Waals surface area contributed by atoms with Crippen molar-refractivity contribution < 1.29 is 13.5 Å². The van der Waals surface area contributed by atoms with E-state index in [2.05, 4.69) is 14.9 Å². The van der Waals surface area contributed by atoms with Crippen molar-refractivity contribution in [3.63, 3.8) is 0 Å². The highest BCUT2D eigenvalue weighted by atomic mass is 32.2. The van der Waals surface area contributed by atoms with Crippen LogP contribution in [0.5, 0.6) is 0 Å². The molecule has 2 N–H and O–H groups in total. The molecule has 1 aliphatic rings. The van der Waals surface area contributed by atoms with E-state index in [1.807, 2.05) is 6.92 Å². The second-order valence-corrected chi connectivity index (χ2v) is 7.52. The fourth-order valence-electron chi connectivity index (χ4n) is 2.97. The van der Waals surface area contributed by atoms with E-state index in [4.69, 9.17) is 0 Å². The highest BCUT2D eigenvalue weighted by Gasteiger charge is 2.35. The lowest BCUT2D eigenvalue weighted by Crippen LogP contribution is -2.46. The van der Waals surface area contributed by atoms with E-state index in [1.165, 1.54) is 4.80 Å². The lowest BCUT2D eigenvalue weighted by Gasteiger charge is -2.37. The van der Waals surface area contributed by atoms with Crippen LogP contribution < -0.4 is 4.72 Å². The molecular formula is C14H20N4O3S. The van der Waals surface area contributed by atoms with Crippen molar-refractivity contribution in [1.29, 1.82) is 0 Å². The van der Waals surface area contributed by atoms with Crippen molar-refractivity contribution in [3.8, 4) is 0 Å². The number of nitrogens with one attached hydrogen (secondary N) is 1. The fourth-order valence-corrected chi connectivity index (χ4v) is 4.51. The van der Waals surface area contributed by atoms with Gasteiger partial charge in [0.1, 0.15) is 15.9 Å². The number of sulfonamides is 1. The Balaban J connectivity index is 1.91. The van der Waals surface area contributed by atoms with Gasteiger partial charge in [-0.3, -0.25) is 0 Å². The lowest BCUT2D eigenvalue weighted by molar-refractivity contribution is 0.0277. The van der Waals surface area contributed by atoms with Gasteiger partial charge in [-0.2, -0.15) is 15.0 Å². The van der Waals surface area contributed by atoms with Crippen LogP contribution in [0.1, 0.15) is 26.2 Å². The molecular weight excluding hydrogens is 304 g/mol. The summed E-state index contributed by atoms with van der Waals surface area (Å²) >= 11 is 0. The third-order valence-corrected chi connectivity index (χ3v) is 5.75. The fraction of sp³-hybridized carbons (Fsp3) is 0.571. The summed E-state index contributed by atoms with van der Waals surface area (Å²) in [6.07, 6.45) is 1.69. The molecule has 120 valence electrons. The Labute approximate surface area is 129 Å². The number of hydrogen-bond donors (Lipinski definition) is 2. The van der Waals surface area contributed by atoms with Gasteiger partial charge >= 0.3 is 0 Å². The van der Waals surface area contributed by atoms with Crippen molar-refractivity contribution in [1.82, 2.24) is 19.7 Å². The second-order valence-electron chi connectivity index (χ2n) is 5.83. The summed E-state index contributed by atoms with van der Waals surface area (Å²) in [5, 5.41) is 17.7. The molecule has 1 unspecified atom stereocenters. The Bertz CT molecular complexity index is 780. The highest BCUT2D eigenvalue weighted by molar-refractivity contribution is 7.89. The minimum atomic E-state index is -3.67. The maximum absolute atomic E-state index is 12.7. The van der Waals surface area contributed by atoms with Crippen molar-refractivity contribution >= 4 is 21.1 Å². The van der Waals surface area contributed by atoms with Gasteiger partial charge in [-0.15, -0.1) is 0 Å². The SMILES string of the molecule is CCC(NS(=O)(=O)c1cccc2nn(C)nc12)C1CC(O)C1. The first-order valence-electron chi connectivity index (χ1n) is 7.41. The molecule has 2 aromatic rings. The number of hydrogen-bond acceptors (Lipinski definition) is 5. The average Bonchev–Trinajstić information content (AvgIpc) is 2.81. The molecule has 0 saturated heterocycles. The molecule has 1 saturated carbocycles. The molecule has 1 aliphatic carbocycles. The highest BCUT2D eigenvalue weighted by Crippen LogP contribution is 2.32. The van der Waals surface area contributed by atoms with Gasteiger partial charge in [-0.1, -0.05) is 13.0 Å². The third kappa shape index (κ3) is 2.73. The quantitative estimate of drug-likeness (QED) is 0.848. The Hall–Kier alpha value is -1.51. The predicted octanol–water partition coefficient (Wildman–Crippen LogP) is 0.796. The van der Waals surface area contributed by atoms with Crippen molar-refractivity contribution in [3.05, 3.63) is 18.2 Å². The van der Waals surface area contributed by atoms with E-state index >= 15 is 0 Å². The zero-order chi connectivity index (χ0) is 15.9. The molecule has 8 heteroatoms. The van der Waals surface area contributed by atoms with Crippen LogP contribution in [0, 0.1) is 5.92 Å². The molecule has 0 radical (unpaired) electrons. The van der Waals surface area contributed by atoms with Crippen LogP contribution in [-0.2, 0) is 17.1 Å². The Morgan fingerprint density at radius 3 is 2.77 bits per heavy atom. The zero-order valence-corrected chi connectivity index (χ0v) is 13.4. The van der Waals surface area contributed by atoms with Gasteiger partial charge in [0, 0.05) is 13.1 Å². The van der Waals surface area contributed by atoms with Crippen LogP contribution in [0.25, 0.3) is 11.0 Å². The molecule has 7 nitrogen and oxygen atoms in total. The van der Waals surface area contributed by atoms with Crippen LogP contribution in [-0.4, -0.2) is 40.7 Å². The zero-order valence-electron chi connectivity index (χ0n) is 12.6. The number of rotatable bonds is 5. The van der Waals surface area contributed by atoms with Crippen LogP contribution in [0.4, 0.5) is 0 Å². The number of aromatic nitrogens is 3. The average molecular weight is 324 g/mol. The number of fused-ring (bicyclic) bond motifs is 1. The second kappa shape index (κ2) is 5.60. The Morgan fingerprint density at radius 1 is 1.41 bits per heavy atom. The first-order chi connectivity index (χ1) is 10.4. The van der Waals surface area contributed by atoms with Gasteiger partial charge < -0.3 is 5.11 Å². The van der Waals surface area contributed by atoms with Crippen LogP contribution in [0.15, 0.2) is 23.1 Å². The molecule has 0 aliphatic heterocycles. The number of aryl methyl sites for hydroxylation is 1. The summed E-state index contributed by atoms with van der Waals surface area (Å²) in [6.45, 7) is 1.95. The molecule has 3 rings (SSSR count). The molecule has 1 atom stereocenters. The third-order valence-electron chi connectivity index (χ3n) is 4.23. The first-order valence-corrected chi connectivity index (χ1v) is 8.89. The Kier molecular flexibility index (Phi) is 3.92. The summed E-state index contributed by atoms with van der Waals surface area (Å²) in [6, 6.07) is 4.78. The van der Waals surface area contributed by atoms with Crippen molar-refractivity contribution in [2.75, 3.05) is 0 Å². The minimum absolute atomic E-state index is 0.149. The summed E-state index contributed by atoms with van der Waals surface area (Å²) in [5.74, 6) is 0.191. The molecule has 0 spiro atoms. The van der Waals surface area contributed by atoms with Crippen LogP contribution >= 0.6 is 0 Å². The maximum atomic E-state index is 12.7. The van der Waals surface area contributed by atoms with Crippen molar-refractivity contribution in [2.24, 2.45) is 13.0 Å². The van der Waals surface area contributed by atoms with E-state index in [1.54, 1.807) is 25.2 Å². The normalized spacial score (nSPS) is 23.4. The molecule has 22 heavy (non-hydrogen) atoms. The molecule has 1 fully saturated rings. The van der Waals surface area contributed by atoms with Gasteiger partial charge in [0.2, 0.25) is 10.0 Å². The van der Waals surface area contributed by atoms with Gasteiger partial charge in [-0.05, 0) is 37.3 Å². The van der Waals surface area contributed by atoms with Crippen LogP contribution in [0.2, 0.25) is 0 Å². The minimum Gasteiger partial charge on any atom is -0.393 e. The molecule has 0 bridgehead atoms. The maximum Gasteiger partial charge on any atom is 0.243 e. The van der Waals surface area contributed by atoms with Gasteiger partial charge in [0.05, 0.1) is 6.10 Å². The smallest absolute Gasteiger partial charge is 0.243 e. The Morgan fingerprint density at radius 2 is 2.14 bits per heavy atom.